The normalized spacial score (nSPS) is 32.1. The van der Waals surface area contributed by atoms with Crippen LogP contribution < -0.4 is 10.2 Å². The molecule has 0 unspecified atom stereocenters. The Morgan fingerprint density at radius 2 is 1.31 bits per heavy atom. The zero-order chi connectivity index (χ0) is 32.7. The van der Waals surface area contributed by atoms with Gasteiger partial charge >= 0.3 is 0 Å². The molecule has 1 aromatic heterocycles. The van der Waals surface area contributed by atoms with Crippen molar-refractivity contribution in [1.29, 1.82) is 0 Å². The monoisotopic (exact) mass is 638 g/mol. The summed E-state index contributed by atoms with van der Waals surface area (Å²) in [6.45, 7) is -2.01. The van der Waals surface area contributed by atoms with E-state index in [1.54, 1.807) is 0 Å². The minimum Gasteiger partial charge on any atom is -0.508 e. The summed E-state index contributed by atoms with van der Waals surface area (Å²) >= 11 is 0. The lowest BCUT2D eigenvalue weighted by Crippen LogP contribution is -2.62. The van der Waals surface area contributed by atoms with Crippen LogP contribution in [0.3, 0.4) is 0 Å². The minimum absolute atomic E-state index is 0.0354. The molecule has 16 heteroatoms. The topological polar surface area (TPSA) is 280 Å². The molecule has 2 aliphatic rings. The number of phenols is 4. The van der Waals surface area contributed by atoms with Crippen LogP contribution in [-0.4, -0.2) is 131 Å². The van der Waals surface area contributed by atoms with Gasteiger partial charge in [-0.1, -0.05) is 0 Å². The lowest BCUT2D eigenvalue weighted by Gasteiger charge is -2.46. The van der Waals surface area contributed by atoms with Crippen LogP contribution >= 0.6 is 0 Å². The van der Waals surface area contributed by atoms with E-state index in [2.05, 4.69) is 0 Å². The van der Waals surface area contributed by atoms with E-state index >= 15 is 0 Å². The number of hydrogen-bond acceptors (Lipinski definition) is 16. The first-order valence-corrected chi connectivity index (χ1v) is 14.0. The van der Waals surface area contributed by atoms with Gasteiger partial charge in [0.05, 0.1) is 31.5 Å². The summed E-state index contributed by atoms with van der Waals surface area (Å²) in [6.07, 6.45) is -13.7. The van der Waals surface area contributed by atoms with Gasteiger partial charge in [-0.15, -0.1) is 0 Å². The fraction of sp³-hybridized carbons (Fsp3) is 0.483. The van der Waals surface area contributed by atoms with Crippen LogP contribution in [0.1, 0.15) is 6.42 Å². The van der Waals surface area contributed by atoms with Crippen molar-refractivity contribution >= 4 is 11.0 Å². The summed E-state index contributed by atoms with van der Waals surface area (Å²) in [6, 6.07) is 5.43. The standard InChI is InChI=1S/C29H34O16/c30-7-18-24(38)22(36)12(6-17-23(37)27(41)25(39)19(8-31)43-17)20(44-18)9-42-29-26(40)21-15(35)4-11(32)5-16(21)45-28(29)10-1-2-13(33)14(34)3-10/h1-5,12,17-20,22-25,27,30-39,41H,6-9H2/t12-,17-,18+,19+,20-,22+,23-,24+,25+,27+/m0/s1. The number of fused-ring (bicyclic) bond motifs is 1. The zero-order valence-electron chi connectivity index (χ0n) is 23.4. The van der Waals surface area contributed by atoms with E-state index in [4.69, 9.17) is 18.6 Å². The zero-order valence-corrected chi connectivity index (χ0v) is 23.4. The second kappa shape index (κ2) is 13.0. The maximum Gasteiger partial charge on any atom is 0.239 e. The fourth-order valence-electron chi connectivity index (χ4n) is 5.77. The Morgan fingerprint density at radius 3 is 1.96 bits per heavy atom. The molecular weight excluding hydrogens is 604 g/mol. The van der Waals surface area contributed by atoms with E-state index in [1.165, 1.54) is 6.07 Å². The summed E-state index contributed by atoms with van der Waals surface area (Å²) < 4.78 is 23.1. The third kappa shape index (κ3) is 6.11. The lowest BCUT2D eigenvalue weighted by atomic mass is 9.80. The van der Waals surface area contributed by atoms with Crippen molar-refractivity contribution in [1.82, 2.24) is 0 Å². The average molecular weight is 639 g/mol. The Hall–Kier alpha value is -3.71. The number of benzene rings is 2. The number of hydrogen-bond donors (Lipinski definition) is 11. The van der Waals surface area contributed by atoms with E-state index in [-0.39, 0.29) is 28.7 Å². The molecule has 2 saturated heterocycles. The van der Waals surface area contributed by atoms with Crippen LogP contribution in [0.25, 0.3) is 22.3 Å². The average Bonchev–Trinajstić information content (AvgIpc) is 3.00. The molecule has 2 fully saturated rings. The van der Waals surface area contributed by atoms with E-state index in [9.17, 15) is 61.0 Å². The number of aromatic hydroxyl groups is 4. The summed E-state index contributed by atoms with van der Waals surface area (Å²) in [5.41, 5.74) is -1.13. The van der Waals surface area contributed by atoms with Crippen LogP contribution in [0.4, 0.5) is 0 Å². The molecule has 2 aliphatic heterocycles. The van der Waals surface area contributed by atoms with Gasteiger partial charge in [-0.3, -0.25) is 4.79 Å². The molecule has 0 saturated carbocycles. The van der Waals surface area contributed by atoms with Crippen molar-refractivity contribution in [2.45, 2.75) is 61.4 Å². The molecule has 3 heterocycles. The van der Waals surface area contributed by atoms with Gasteiger partial charge in [0.25, 0.3) is 0 Å². The number of phenolic OH excluding ortho intramolecular Hbond substituents is 4. The third-order valence-electron chi connectivity index (χ3n) is 8.22. The van der Waals surface area contributed by atoms with Crippen molar-refractivity contribution < 1.29 is 74.8 Å². The molecule has 246 valence electrons. The summed E-state index contributed by atoms with van der Waals surface area (Å²) in [5, 5.41) is 112. The van der Waals surface area contributed by atoms with Crippen LogP contribution in [0.15, 0.2) is 39.5 Å². The predicted molar refractivity (Wildman–Crippen MR) is 150 cm³/mol. The van der Waals surface area contributed by atoms with Gasteiger partial charge in [0.2, 0.25) is 11.2 Å². The van der Waals surface area contributed by atoms with Crippen molar-refractivity contribution in [2.24, 2.45) is 5.92 Å². The molecule has 0 amide bonds. The highest BCUT2D eigenvalue weighted by molar-refractivity contribution is 5.88. The van der Waals surface area contributed by atoms with E-state index in [1.807, 2.05) is 0 Å². The van der Waals surface area contributed by atoms with E-state index < -0.39 is 115 Å². The van der Waals surface area contributed by atoms with Gasteiger partial charge < -0.3 is 74.8 Å². The molecule has 45 heavy (non-hydrogen) atoms. The second-order valence-corrected chi connectivity index (χ2v) is 11.1. The number of ether oxygens (including phenoxy) is 3. The molecule has 10 atom stereocenters. The van der Waals surface area contributed by atoms with Gasteiger partial charge in [-0.05, 0) is 24.6 Å². The van der Waals surface area contributed by atoms with Crippen molar-refractivity contribution in [3.63, 3.8) is 0 Å². The second-order valence-electron chi connectivity index (χ2n) is 11.1. The molecule has 0 aliphatic carbocycles. The van der Waals surface area contributed by atoms with Gasteiger partial charge in [0.15, 0.2) is 17.3 Å². The molecule has 0 spiro atoms. The maximum absolute atomic E-state index is 13.7. The van der Waals surface area contributed by atoms with E-state index in [0.29, 0.717) is 0 Å². The molecular formula is C29H34O16. The molecule has 3 aromatic rings. The Balaban J connectivity index is 1.52. The number of aliphatic hydroxyl groups is 7. The molecule has 0 bridgehead atoms. The van der Waals surface area contributed by atoms with E-state index in [0.717, 1.165) is 24.3 Å². The third-order valence-corrected chi connectivity index (χ3v) is 8.22. The van der Waals surface area contributed by atoms with Gasteiger partial charge in [0, 0.05) is 23.6 Å². The first kappa shape index (κ1) is 32.7. The van der Waals surface area contributed by atoms with Crippen LogP contribution in [0.5, 0.6) is 28.7 Å². The summed E-state index contributed by atoms with van der Waals surface area (Å²) in [4.78, 5) is 13.7. The number of aliphatic hydroxyl groups excluding tert-OH is 7. The van der Waals surface area contributed by atoms with Gasteiger partial charge in [-0.2, -0.15) is 0 Å². The molecule has 0 radical (unpaired) electrons. The molecule has 16 nitrogen and oxygen atoms in total. The lowest BCUT2D eigenvalue weighted by molar-refractivity contribution is -0.253. The highest BCUT2D eigenvalue weighted by atomic mass is 16.6. The Labute approximate surface area is 253 Å². The maximum atomic E-state index is 13.7. The van der Waals surface area contributed by atoms with Crippen LogP contribution in [-0.2, 0) is 9.47 Å². The minimum atomic E-state index is -1.72. The Morgan fingerprint density at radius 1 is 0.689 bits per heavy atom. The highest BCUT2D eigenvalue weighted by Crippen LogP contribution is 2.39. The highest BCUT2D eigenvalue weighted by Gasteiger charge is 2.49. The fourth-order valence-corrected chi connectivity index (χ4v) is 5.77. The SMILES string of the molecule is O=c1c(OC[C@@H]2O[C@H](CO)[C@@H](O)[C@H](O)[C@H]2C[C@@H]2O[C@H](CO)[C@@H](O)[C@H](O)[C@H]2O)c(-c2ccc(O)c(O)c2)oc2cc(O)cc(O)c12. The van der Waals surface area contributed by atoms with Crippen molar-refractivity contribution in [3.05, 3.63) is 40.6 Å². The summed E-state index contributed by atoms with van der Waals surface area (Å²) in [5.74, 6) is -4.09. The largest absolute Gasteiger partial charge is 0.508 e. The molecule has 2 aromatic carbocycles. The smallest absolute Gasteiger partial charge is 0.239 e. The predicted octanol–water partition coefficient (Wildman–Crippen LogP) is -2.01. The Kier molecular flexibility index (Phi) is 9.41. The first-order valence-electron chi connectivity index (χ1n) is 14.0. The molecule has 5 rings (SSSR count). The van der Waals surface area contributed by atoms with Crippen molar-refractivity contribution in [3.8, 4) is 40.1 Å². The first-order chi connectivity index (χ1) is 21.4. The number of rotatable bonds is 8. The van der Waals surface area contributed by atoms with Crippen LogP contribution in [0.2, 0.25) is 0 Å². The van der Waals surface area contributed by atoms with Crippen LogP contribution in [0, 0.1) is 5.92 Å². The van der Waals surface area contributed by atoms with Crippen molar-refractivity contribution in [2.75, 3.05) is 19.8 Å². The quantitative estimate of drug-likeness (QED) is 0.119. The molecule has 11 N–H and O–H groups in total. The Bertz CT molecular complexity index is 1570. The van der Waals surface area contributed by atoms with Gasteiger partial charge in [-0.25, -0.2) is 0 Å². The van der Waals surface area contributed by atoms with Gasteiger partial charge in [0.1, 0.15) is 65.7 Å². The summed E-state index contributed by atoms with van der Waals surface area (Å²) in [7, 11) is 0.